The Hall–Kier alpha value is -0.570. The summed E-state index contributed by atoms with van der Waals surface area (Å²) in [4.78, 5) is 15.6. The lowest BCUT2D eigenvalue weighted by atomic mass is 10.2. The van der Waals surface area contributed by atoms with E-state index in [9.17, 15) is 4.79 Å². The van der Waals surface area contributed by atoms with Crippen molar-refractivity contribution in [1.29, 1.82) is 0 Å². The molecule has 0 aromatic rings. The number of halogens is 1. The lowest BCUT2D eigenvalue weighted by Crippen LogP contribution is -2.40. The summed E-state index contributed by atoms with van der Waals surface area (Å²) in [6, 6.07) is 0.181. The molecule has 22 heavy (non-hydrogen) atoms. The Bertz CT molecular complexity index is 310. The second-order valence-corrected chi connectivity index (χ2v) is 5.72. The van der Waals surface area contributed by atoms with Crippen LogP contribution < -0.4 is 16.0 Å². The van der Waals surface area contributed by atoms with Gasteiger partial charge in [-0.3, -0.25) is 9.79 Å². The molecule has 0 aromatic carbocycles. The first-order valence-electron chi connectivity index (χ1n) is 7.77. The van der Waals surface area contributed by atoms with Gasteiger partial charge in [0.2, 0.25) is 5.91 Å². The van der Waals surface area contributed by atoms with Crippen LogP contribution in [-0.2, 0) is 9.53 Å². The summed E-state index contributed by atoms with van der Waals surface area (Å²) in [5, 5.41) is 9.17. The van der Waals surface area contributed by atoms with Crippen LogP contribution in [0.5, 0.6) is 0 Å². The molecule has 0 fully saturated rings. The summed E-state index contributed by atoms with van der Waals surface area (Å²) in [5.74, 6) is 1.34. The predicted molar refractivity (Wildman–Crippen MR) is 103 cm³/mol. The quantitative estimate of drug-likeness (QED) is 0.215. The third-order valence-electron chi connectivity index (χ3n) is 2.53. The molecule has 0 radical (unpaired) electrons. The second kappa shape index (κ2) is 15.3. The molecular weight excluding hydrogens is 395 g/mol. The van der Waals surface area contributed by atoms with Gasteiger partial charge in [-0.1, -0.05) is 13.8 Å². The summed E-state index contributed by atoms with van der Waals surface area (Å²) in [6.45, 7) is 11.1. The number of carbonyl (C=O) groups excluding carboxylic acids is 1. The van der Waals surface area contributed by atoms with E-state index in [0.717, 1.165) is 32.1 Å². The molecule has 0 unspecified atom stereocenters. The van der Waals surface area contributed by atoms with Gasteiger partial charge < -0.3 is 20.7 Å². The third kappa shape index (κ3) is 15.8. The molecule has 0 aliphatic carbocycles. The fraction of sp³-hybridized carbons (Fsp3) is 0.867. The fourth-order valence-corrected chi connectivity index (χ4v) is 1.61. The minimum absolute atomic E-state index is 0. The van der Waals surface area contributed by atoms with Crippen molar-refractivity contribution in [2.24, 2.45) is 10.9 Å². The van der Waals surface area contributed by atoms with Crippen LogP contribution in [0.1, 0.15) is 40.5 Å². The number of carbonyl (C=O) groups is 1. The van der Waals surface area contributed by atoms with E-state index < -0.39 is 0 Å². The van der Waals surface area contributed by atoms with Crippen LogP contribution in [0.4, 0.5) is 0 Å². The van der Waals surface area contributed by atoms with Gasteiger partial charge in [0.1, 0.15) is 0 Å². The number of amides is 1. The number of hydrogen-bond acceptors (Lipinski definition) is 3. The average Bonchev–Trinajstić information content (AvgIpc) is 2.39. The topological polar surface area (TPSA) is 74.8 Å². The zero-order valence-electron chi connectivity index (χ0n) is 14.6. The molecule has 1 amide bonds. The van der Waals surface area contributed by atoms with E-state index in [4.69, 9.17) is 4.74 Å². The Morgan fingerprint density at radius 3 is 2.32 bits per heavy atom. The highest BCUT2D eigenvalue weighted by atomic mass is 127. The Morgan fingerprint density at radius 2 is 1.77 bits per heavy atom. The van der Waals surface area contributed by atoms with Crippen molar-refractivity contribution in [3.05, 3.63) is 0 Å². The van der Waals surface area contributed by atoms with E-state index >= 15 is 0 Å². The van der Waals surface area contributed by atoms with Crippen molar-refractivity contribution >= 4 is 35.8 Å². The zero-order valence-corrected chi connectivity index (χ0v) is 16.9. The highest BCUT2D eigenvalue weighted by Gasteiger charge is 2.03. The molecule has 132 valence electrons. The summed E-state index contributed by atoms with van der Waals surface area (Å²) < 4.78 is 5.51. The molecule has 7 heteroatoms. The largest absolute Gasteiger partial charge is 0.381 e. The van der Waals surface area contributed by atoms with Crippen molar-refractivity contribution in [3.8, 4) is 0 Å². The van der Waals surface area contributed by atoms with Crippen LogP contribution in [0.25, 0.3) is 0 Å². The number of guanidine groups is 1. The molecule has 6 nitrogen and oxygen atoms in total. The Morgan fingerprint density at radius 1 is 1.14 bits per heavy atom. The fourth-order valence-electron chi connectivity index (χ4n) is 1.61. The van der Waals surface area contributed by atoms with Gasteiger partial charge in [-0.2, -0.15) is 0 Å². The molecule has 0 atom stereocenters. The molecule has 0 rings (SSSR count). The first-order valence-corrected chi connectivity index (χ1v) is 7.77. The molecular formula is C15H33IN4O2. The van der Waals surface area contributed by atoms with E-state index in [-0.39, 0.29) is 35.9 Å². The molecule has 0 aliphatic rings. The highest BCUT2D eigenvalue weighted by molar-refractivity contribution is 14.0. The van der Waals surface area contributed by atoms with E-state index in [2.05, 4.69) is 34.8 Å². The Labute approximate surface area is 152 Å². The van der Waals surface area contributed by atoms with Crippen molar-refractivity contribution in [2.75, 3.05) is 33.4 Å². The van der Waals surface area contributed by atoms with Crippen LogP contribution in [-0.4, -0.2) is 51.3 Å². The maximum atomic E-state index is 11.5. The van der Waals surface area contributed by atoms with Gasteiger partial charge in [0.05, 0.1) is 0 Å². The van der Waals surface area contributed by atoms with E-state index in [1.54, 1.807) is 7.05 Å². The van der Waals surface area contributed by atoms with Crippen molar-refractivity contribution in [2.45, 2.75) is 46.6 Å². The molecule has 3 N–H and O–H groups in total. The van der Waals surface area contributed by atoms with Gasteiger partial charge in [0.25, 0.3) is 0 Å². The molecule has 0 spiro atoms. The summed E-state index contributed by atoms with van der Waals surface area (Å²) in [5.41, 5.74) is 0. The summed E-state index contributed by atoms with van der Waals surface area (Å²) >= 11 is 0. The maximum Gasteiger partial charge on any atom is 0.221 e. The van der Waals surface area contributed by atoms with Gasteiger partial charge in [-0.05, 0) is 26.2 Å². The maximum absolute atomic E-state index is 11.5. The third-order valence-corrected chi connectivity index (χ3v) is 2.53. The van der Waals surface area contributed by atoms with Crippen molar-refractivity contribution < 1.29 is 9.53 Å². The van der Waals surface area contributed by atoms with Crippen LogP contribution in [0.3, 0.4) is 0 Å². The van der Waals surface area contributed by atoms with Crippen molar-refractivity contribution in [1.82, 2.24) is 16.0 Å². The van der Waals surface area contributed by atoms with Gasteiger partial charge in [-0.25, -0.2) is 0 Å². The molecule has 0 heterocycles. The number of nitrogens with zero attached hydrogens (tertiary/aromatic N) is 1. The highest BCUT2D eigenvalue weighted by Crippen LogP contribution is 1.92. The van der Waals surface area contributed by atoms with Gasteiger partial charge >= 0.3 is 0 Å². The molecule has 0 aliphatic heterocycles. The number of hydrogen-bond donors (Lipinski definition) is 3. The minimum Gasteiger partial charge on any atom is -0.381 e. The first kappa shape index (κ1) is 23.7. The smallest absolute Gasteiger partial charge is 0.221 e. The first-order chi connectivity index (χ1) is 9.95. The number of nitrogens with one attached hydrogen (secondary N) is 3. The SMILES string of the molecule is CN=C(NCCCOCC(C)C)NCCC(=O)NC(C)C.I. The van der Waals surface area contributed by atoms with Crippen LogP contribution in [0.2, 0.25) is 0 Å². The van der Waals surface area contributed by atoms with E-state index in [1.165, 1.54) is 0 Å². The number of ether oxygens (including phenoxy) is 1. The lowest BCUT2D eigenvalue weighted by molar-refractivity contribution is -0.121. The molecule has 0 bridgehead atoms. The second-order valence-electron chi connectivity index (χ2n) is 5.72. The van der Waals surface area contributed by atoms with E-state index in [1.807, 2.05) is 13.8 Å². The lowest BCUT2D eigenvalue weighted by Gasteiger charge is -2.13. The zero-order chi connectivity index (χ0) is 16.1. The standard InChI is InChI=1S/C15H32N4O2.HI/c1-12(2)11-21-10-6-8-17-15(16-5)18-9-7-14(20)19-13(3)4;/h12-13H,6-11H2,1-5H3,(H,19,20)(H2,16,17,18);1H. The molecule has 0 saturated heterocycles. The monoisotopic (exact) mass is 428 g/mol. The number of aliphatic imine (C=N–C) groups is 1. The van der Waals surface area contributed by atoms with Gasteiger partial charge in [-0.15, -0.1) is 24.0 Å². The van der Waals surface area contributed by atoms with Gasteiger partial charge in [0, 0.05) is 45.8 Å². The molecule has 0 aromatic heterocycles. The average molecular weight is 428 g/mol. The van der Waals surface area contributed by atoms with E-state index in [0.29, 0.717) is 18.9 Å². The minimum atomic E-state index is 0. The van der Waals surface area contributed by atoms with Gasteiger partial charge in [0.15, 0.2) is 5.96 Å². The predicted octanol–water partition coefficient (Wildman–Crippen LogP) is 1.75. The van der Waals surface area contributed by atoms with Crippen LogP contribution in [0.15, 0.2) is 4.99 Å². The number of rotatable bonds is 10. The summed E-state index contributed by atoms with van der Waals surface area (Å²) in [6.07, 6.45) is 1.37. The Balaban J connectivity index is 0. The Kier molecular flexibility index (Phi) is 16.5. The van der Waals surface area contributed by atoms with Crippen molar-refractivity contribution in [3.63, 3.8) is 0 Å². The summed E-state index contributed by atoms with van der Waals surface area (Å²) in [7, 11) is 1.72. The normalized spacial score (nSPS) is 11.3. The van der Waals surface area contributed by atoms with Crippen LogP contribution >= 0.6 is 24.0 Å². The van der Waals surface area contributed by atoms with Crippen LogP contribution in [0, 0.1) is 5.92 Å². The molecule has 0 saturated carbocycles.